The quantitative estimate of drug-likeness (QED) is 0.182. The van der Waals surface area contributed by atoms with E-state index in [0.29, 0.717) is 0 Å². The summed E-state index contributed by atoms with van der Waals surface area (Å²) in [5, 5.41) is 0. The molecule has 3 rings (SSSR count). The molecule has 2 aromatic carbocycles. The zero-order chi connectivity index (χ0) is 30.6. The van der Waals surface area contributed by atoms with Crippen molar-refractivity contribution in [1.82, 2.24) is 0 Å². The summed E-state index contributed by atoms with van der Waals surface area (Å²) in [6.45, 7) is 0. The van der Waals surface area contributed by atoms with Crippen molar-refractivity contribution in [2.75, 3.05) is 0 Å². The highest BCUT2D eigenvalue weighted by atomic mass is 19.4. The highest BCUT2D eigenvalue weighted by Crippen LogP contribution is 2.67. The largest absolute Gasteiger partial charge is 0.420 e. The number of benzene rings is 2. The van der Waals surface area contributed by atoms with Crippen molar-refractivity contribution in [3.8, 4) is 0 Å². The molecule has 0 nitrogen and oxygen atoms in total. The molecule has 1 aliphatic rings. The summed E-state index contributed by atoms with van der Waals surface area (Å²) in [6, 6.07) is 0. The molecule has 0 saturated carbocycles. The molecule has 0 atom stereocenters. The van der Waals surface area contributed by atoms with Gasteiger partial charge in [0.25, 0.3) is 0 Å². The number of alkyl halides is 12. The Balaban J connectivity index is 2.87. The first-order valence-corrected chi connectivity index (χ1v) is 9.03. The molecule has 2 aromatic rings. The van der Waals surface area contributed by atoms with Gasteiger partial charge in [0.2, 0.25) is 0 Å². The lowest BCUT2D eigenvalue weighted by Crippen LogP contribution is -2.49. The fraction of sp³-hybridized carbons (Fsp3) is 0.263. The van der Waals surface area contributed by atoms with E-state index in [0.717, 1.165) is 0 Å². The number of hydrogen-bond donors (Lipinski definition) is 0. The SMILES string of the molecule is Fc1c(F)c(F)c(C(F)(F)F)c(C2=C(c3c(F)c(F)c(F)c(F)c3C(F)(F)F)C(F)(F)C(F)(F)C2(F)F)c1F. The summed E-state index contributed by atoms with van der Waals surface area (Å²) in [4.78, 5) is 0. The van der Waals surface area contributed by atoms with Gasteiger partial charge in [0.05, 0.1) is 0 Å². The zero-order valence-electron chi connectivity index (χ0n) is 17.1. The lowest BCUT2D eigenvalue weighted by atomic mass is 9.88. The summed E-state index contributed by atoms with van der Waals surface area (Å²) in [5.41, 5.74) is -23.9. The molecule has 0 saturated heterocycles. The van der Waals surface area contributed by atoms with Gasteiger partial charge in [-0.3, -0.25) is 0 Å². The van der Waals surface area contributed by atoms with Crippen LogP contribution in [0.4, 0.5) is 87.8 Å². The first kappa shape index (κ1) is 30.3. The van der Waals surface area contributed by atoms with Crippen LogP contribution in [-0.4, -0.2) is 17.8 Å². The van der Waals surface area contributed by atoms with E-state index in [1.807, 2.05) is 0 Å². The number of hydrogen-bond acceptors (Lipinski definition) is 0. The molecule has 0 aliphatic heterocycles. The molecule has 0 heterocycles. The molecule has 20 heteroatoms. The number of allylic oxidation sites excluding steroid dienone is 2. The van der Waals surface area contributed by atoms with Crippen LogP contribution in [0.2, 0.25) is 0 Å². The van der Waals surface area contributed by atoms with Crippen molar-refractivity contribution < 1.29 is 87.8 Å². The molecule has 0 bridgehead atoms. The maximum atomic E-state index is 14.6. The zero-order valence-corrected chi connectivity index (χ0v) is 17.1. The summed E-state index contributed by atoms with van der Waals surface area (Å²) >= 11 is 0. The van der Waals surface area contributed by atoms with Gasteiger partial charge in [-0.1, -0.05) is 0 Å². The second-order valence-electron chi connectivity index (χ2n) is 7.48. The van der Waals surface area contributed by atoms with Gasteiger partial charge < -0.3 is 0 Å². The molecule has 39 heavy (non-hydrogen) atoms. The smallest absolute Gasteiger partial charge is 0.203 e. The lowest BCUT2D eigenvalue weighted by Gasteiger charge is -2.26. The molecule has 0 N–H and O–H groups in total. The van der Waals surface area contributed by atoms with Crippen molar-refractivity contribution >= 4 is 11.1 Å². The van der Waals surface area contributed by atoms with E-state index in [9.17, 15) is 87.8 Å². The van der Waals surface area contributed by atoms with Gasteiger partial charge in [-0.05, 0) is 0 Å². The summed E-state index contributed by atoms with van der Waals surface area (Å²) in [7, 11) is 0. The van der Waals surface area contributed by atoms with E-state index in [1.54, 1.807) is 0 Å². The van der Waals surface area contributed by atoms with Crippen molar-refractivity contribution in [3.63, 3.8) is 0 Å². The Morgan fingerprint density at radius 2 is 0.590 bits per heavy atom. The Morgan fingerprint density at radius 1 is 0.359 bits per heavy atom. The van der Waals surface area contributed by atoms with Gasteiger partial charge in [0, 0.05) is 22.3 Å². The standard InChI is InChI=1S/C19F20/c20-7-1(5(17(32,33)34)9(22)13(26)11(7)24)3-4(16(30,31)19(38,39)15(3,28)29)2-6(18(35,36)37)10(23)14(27)12(25)8(2)21. The van der Waals surface area contributed by atoms with E-state index < -0.39 is 110 Å². The molecule has 1 aliphatic carbocycles. The van der Waals surface area contributed by atoms with Crippen molar-refractivity contribution in [3.05, 3.63) is 68.8 Å². The average molecular weight is 608 g/mol. The number of halogens is 20. The lowest BCUT2D eigenvalue weighted by molar-refractivity contribution is -0.254. The Morgan fingerprint density at radius 3 is 0.821 bits per heavy atom. The second-order valence-corrected chi connectivity index (χ2v) is 7.48. The molecular formula is C19F20. The van der Waals surface area contributed by atoms with Crippen molar-refractivity contribution in [2.24, 2.45) is 0 Å². The van der Waals surface area contributed by atoms with Crippen LogP contribution in [0.1, 0.15) is 22.3 Å². The van der Waals surface area contributed by atoms with Crippen LogP contribution >= 0.6 is 0 Å². The van der Waals surface area contributed by atoms with Crippen LogP contribution in [0.25, 0.3) is 11.1 Å². The van der Waals surface area contributed by atoms with Crippen LogP contribution in [0, 0.1) is 46.5 Å². The molecule has 0 spiro atoms. The number of rotatable bonds is 2. The van der Waals surface area contributed by atoms with Crippen LogP contribution in [0.3, 0.4) is 0 Å². The summed E-state index contributed by atoms with van der Waals surface area (Å²) < 4.78 is 278. The molecular weight excluding hydrogens is 608 g/mol. The molecule has 0 unspecified atom stereocenters. The van der Waals surface area contributed by atoms with Crippen molar-refractivity contribution in [2.45, 2.75) is 30.1 Å². The van der Waals surface area contributed by atoms with E-state index in [-0.39, 0.29) is 0 Å². The summed E-state index contributed by atoms with van der Waals surface area (Å²) in [6.07, 6.45) is -13.7. The van der Waals surface area contributed by atoms with Gasteiger partial charge in [-0.15, -0.1) is 0 Å². The minimum atomic E-state index is -7.36. The van der Waals surface area contributed by atoms with E-state index in [2.05, 4.69) is 0 Å². The third-order valence-corrected chi connectivity index (χ3v) is 5.27. The first-order chi connectivity index (χ1) is 17.3. The second kappa shape index (κ2) is 8.39. The first-order valence-electron chi connectivity index (χ1n) is 9.03. The van der Waals surface area contributed by atoms with Gasteiger partial charge in [0.1, 0.15) is 11.1 Å². The highest BCUT2D eigenvalue weighted by Gasteiger charge is 2.81. The third-order valence-electron chi connectivity index (χ3n) is 5.27. The Hall–Kier alpha value is -3.22. The minimum Gasteiger partial charge on any atom is -0.203 e. The van der Waals surface area contributed by atoms with Crippen LogP contribution < -0.4 is 0 Å². The highest BCUT2D eigenvalue weighted by molar-refractivity contribution is 6.02. The molecule has 216 valence electrons. The van der Waals surface area contributed by atoms with Gasteiger partial charge in [0.15, 0.2) is 46.5 Å². The van der Waals surface area contributed by atoms with E-state index in [1.165, 1.54) is 0 Å². The minimum absolute atomic E-state index is 3.52. The van der Waals surface area contributed by atoms with Crippen LogP contribution in [0.15, 0.2) is 0 Å². The Kier molecular flexibility index (Phi) is 6.52. The Bertz CT molecular complexity index is 1320. The predicted molar refractivity (Wildman–Crippen MR) is 84.2 cm³/mol. The fourth-order valence-corrected chi connectivity index (χ4v) is 3.65. The third kappa shape index (κ3) is 3.83. The van der Waals surface area contributed by atoms with E-state index >= 15 is 0 Å². The van der Waals surface area contributed by atoms with Gasteiger partial charge in [-0.2, -0.15) is 52.7 Å². The van der Waals surface area contributed by atoms with Gasteiger partial charge >= 0.3 is 30.1 Å². The summed E-state index contributed by atoms with van der Waals surface area (Å²) in [5.74, 6) is -51.3. The molecule has 0 fully saturated rings. The molecule has 0 amide bonds. The van der Waals surface area contributed by atoms with Crippen molar-refractivity contribution in [1.29, 1.82) is 0 Å². The van der Waals surface area contributed by atoms with E-state index in [4.69, 9.17) is 0 Å². The molecule has 0 aromatic heterocycles. The normalized spacial score (nSPS) is 18.8. The van der Waals surface area contributed by atoms with Gasteiger partial charge in [-0.25, -0.2) is 35.1 Å². The monoisotopic (exact) mass is 608 g/mol. The predicted octanol–water partition coefficient (Wildman–Crippen LogP) is 8.67. The Labute approximate surface area is 199 Å². The average Bonchev–Trinajstić information content (AvgIpc) is 2.87. The fourth-order valence-electron chi connectivity index (χ4n) is 3.65. The maximum absolute atomic E-state index is 14.6. The topological polar surface area (TPSA) is 0 Å². The maximum Gasteiger partial charge on any atom is 0.420 e. The van der Waals surface area contributed by atoms with Crippen LogP contribution in [0.5, 0.6) is 0 Å². The van der Waals surface area contributed by atoms with Crippen LogP contribution in [-0.2, 0) is 12.4 Å². The molecule has 0 radical (unpaired) electrons.